The van der Waals surface area contributed by atoms with Crippen LogP contribution in [0.25, 0.3) is 0 Å². The molecule has 0 spiro atoms. The molecule has 0 aromatic carbocycles. The molecule has 8 heteroatoms. The molecule has 1 unspecified atom stereocenters. The lowest BCUT2D eigenvalue weighted by molar-refractivity contribution is -0.0455. The second kappa shape index (κ2) is 5.05. The summed E-state index contributed by atoms with van der Waals surface area (Å²) in [7, 11) is 1.70. The van der Waals surface area contributed by atoms with Crippen LogP contribution >= 0.6 is 12.2 Å². The van der Waals surface area contributed by atoms with E-state index in [9.17, 15) is 5.11 Å². The molecule has 3 atom stereocenters. The van der Waals surface area contributed by atoms with Gasteiger partial charge in [-0.2, -0.15) is 4.98 Å². The number of aliphatic hydroxyl groups excluding tert-OH is 2. The van der Waals surface area contributed by atoms with Crippen LogP contribution in [0.4, 0.5) is 5.95 Å². The van der Waals surface area contributed by atoms with Crippen LogP contribution in [0, 0.1) is 4.77 Å². The van der Waals surface area contributed by atoms with Gasteiger partial charge >= 0.3 is 0 Å². The van der Waals surface area contributed by atoms with Crippen LogP contribution in [-0.2, 0) is 4.74 Å². The SMILES string of the molecule is CNc1ncn([C@H]2CC(O)[C@@H](CO)O2)c(=S)n1. The number of ether oxygens (including phenoxy) is 1. The molecular weight excluding hydrogens is 244 g/mol. The molecule has 94 valence electrons. The monoisotopic (exact) mass is 258 g/mol. The lowest BCUT2D eigenvalue weighted by atomic mass is 10.2. The van der Waals surface area contributed by atoms with E-state index in [2.05, 4.69) is 15.3 Å². The third-order valence-electron chi connectivity index (χ3n) is 2.64. The Balaban J connectivity index is 2.22. The number of rotatable bonds is 3. The normalized spacial score (nSPS) is 28.3. The number of aliphatic hydroxyl groups is 2. The summed E-state index contributed by atoms with van der Waals surface area (Å²) in [6.07, 6.45) is 0.169. The first-order valence-corrected chi connectivity index (χ1v) is 5.64. The number of anilines is 1. The van der Waals surface area contributed by atoms with Crippen molar-refractivity contribution in [3.63, 3.8) is 0 Å². The van der Waals surface area contributed by atoms with Gasteiger partial charge in [-0.25, -0.2) is 4.98 Å². The molecule has 1 fully saturated rings. The maximum Gasteiger partial charge on any atom is 0.226 e. The van der Waals surface area contributed by atoms with E-state index in [1.807, 2.05) is 0 Å². The van der Waals surface area contributed by atoms with Crippen molar-refractivity contribution in [2.24, 2.45) is 0 Å². The quantitative estimate of drug-likeness (QED) is 0.640. The minimum absolute atomic E-state index is 0.222. The molecule has 0 aliphatic carbocycles. The van der Waals surface area contributed by atoms with Crippen LogP contribution in [0.15, 0.2) is 6.33 Å². The number of hydrogen-bond acceptors (Lipinski definition) is 7. The van der Waals surface area contributed by atoms with Gasteiger partial charge in [-0.05, 0) is 12.2 Å². The van der Waals surface area contributed by atoms with Gasteiger partial charge in [-0.3, -0.25) is 4.57 Å². The van der Waals surface area contributed by atoms with Crippen LogP contribution in [0.5, 0.6) is 0 Å². The molecule has 2 heterocycles. The van der Waals surface area contributed by atoms with Crippen LogP contribution < -0.4 is 5.32 Å². The van der Waals surface area contributed by atoms with Crippen molar-refractivity contribution in [3.05, 3.63) is 11.1 Å². The first kappa shape index (κ1) is 12.4. The van der Waals surface area contributed by atoms with Gasteiger partial charge in [0.2, 0.25) is 10.7 Å². The van der Waals surface area contributed by atoms with Crippen molar-refractivity contribution in [1.82, 2.24) is 14.5 Å². The van der Waals surface area contributed by atoms with Crippen molar-refractivity contribution in [2.75, 3.05) is 19.0 Å². The summed E-state index contributed by atoms with van der Waals surface area (Å²) in [5.41, 5.74) is 0. The zero-order valence-electron chi connectivity index (χ0n) is 9.28. The van der Waals surface area contributed by atoms with E-state index in [1.165, 1.54) is 6.33 Å². The maximum atomic E-state index is 9.63. The molecule has 1 saturated heterocycles. The van der Waals surface area contributed by atoms with E-state index in [1.54, 1.807) is 11.6 Å². The number of hydrogen-bond donors (Lipinski definition) is 3. The first-order chi connectivity index (χ1) is 8.15. The molecule has 0 bridgehead atoms. The average Bonchev–Trinajstić information content (AvgIpc) is 2.70. The Kier molecular flexibility index (Phi) is 3.67. The van der Waals surface area contributed by atoms with Crippen molar-refractivity contribution in [2.45, 2.75) is 24.9 Å². The summed E-state index contributed by atoms with van der Waals surface area (Å²) < 4.78 is 7.34. The average molecular weight is 258 g/mol. The smallest absolute Gasteiger partial charge is 0.226 e. The Morgan fingerprint density at radius 3 is 3.00 bits per heavy atom. The summed E-state index contributed by atoms with van der Waals surface area (Å²) >= 11 is 5.10. The van der Waals surface area contributed by atoms with E-state index in [0.29, 0.717) is 17.1 Å². The number of aromatic nitrogens is 3. The Morgan fingerprint density at radius 2 is 2.47 bits per heavy atom. The van der Waals surface area contributed by atoms with E-state index in [-0.39, 0.29) is 6.61 Å². The van der Waals surface area contributed by atoms with Crippen LogP contribution in [0.2, 0.25) is 0 Å². The molecule has 1 aromatic heterocycles. The van der Waals surface area contributed by atoms with Crippen LogP contribution in [-0.4, -0.2) is 50.6 Å². The van der Waals surface area contributed by atoms with E-state index in [4.69, 9.17) is 22.1 Å². The molecule has 1 aromatic rings. The highest BCUT2D eigenvalue weighted by atomic mass is 32.1. The molecule has 0 saturated carbocycles. The largest absolute Gasteiger partial charge is 0.394 e. The summed E-state index contributed by atoms with van der Waals surface area (Å²) in [5, 5.41) is 21.4. The molecule has 1 aliphatic heterocycles. The first-order valence-electron chi connectivity index (χ1n) is 5.23. The molecule has 3 N–H and O–H groups in total. The van der Waals surface area contributed by atoms with Crippen molar-refractivity contribution >= 4 is 18.2 Å². The highest BCUT2D eigenvalue weighted by molar-refractivity contribution is 7.71. The summed E-state index contributed by atoms with van der Waals surface area (Å²) in [5.74, 6) is 0.434. The third kappa shape index (κ3) is 2.44. The van der Waals surface area contributed by atoms with E-state index in [0.717, 1.165) is 0 Å². The summed E-state index contributed by atoms with van der Waals surface area (Å²) in [6, 6.07) is 0. The lowest BCUT2D eigenvalue weighted by Gasteiger charge is -2.14. The fourth-order valence-corrected chi connectivity index (χ4v) is 1.96. The fraction of sp³-hybridized carbons (Fsp3) is 0.667. The highest BCUT2D eigenvalue weighted by Gasteiger charge is 2.34. The number of nitrogens with zero attached hydrogens (tertiary/aromatic N) is 3. The molecule has 1 aliphatic rings. The van der Waals surface area contributed by atoms with Crippen LogP contribution in [0.3, 0.4) is 0 Å². The van der Waals surface area contributed by atoms with Crippen molar-refractivity contribution in [3.8, 4) is 0 Å². The van der Waals surface area contributed by atoms with E-state index < -0.39 is 18.4 Å². The van der Waals surface area contributed by atoms with Gasteiger partial charge in [0.05, 0.1) is 12.7 Å². The Morgan fingerprint density at radius 1 is 1.71 bits per heavy atom. The number of nitrogens with one attached hydrogen (secondary N) is 1. The lowest BCUT2D eigenvalue weighted by Crippen LogP contribution is -2.24. The molecule has 2 rings (SSSR count). The van der Waals surface area contributed by atoms with Gasteiger partial charge in [-0.15, -0.1) is 0 Å². The van der Waals surface area contributed by atoms with Gasteiger partial charge in [0, 0.05) is 13.5 Å². The minimum atomic E-state index is -0.698. The Hall–Kier alpha value is -1.09. The second-order valence-corrected chi connectivity index (χ2v) is 4.10. The van der Waals surface area contributed by atoms with Crippen molar-refractivity contribution in [1.29, 1.82) is 0 Å². The van der Waals surface area contributed by atoms with Gasteiger partial charge < -0.3 is 20.3 Å². The molecular formula is C9H14N4O3S. The summed E-state index contributed by atoms with van der Waals surface area (Å²) in [6.45, 7) is -0.222. The zero-order chi connectivity index (χ0) is 12.4. The maximum absolute atomic E-state index is 9.63. The van der Waals surface area contributed by atoms with Gasteiger partial charge in [0.25, 0.3) is 0 Å². The third-order valence-corrected chi connectivity index (χ3v) is 2.95. The highest BCUT2D eigenvalue weighted by Crippen LogP contribution is 2.28. The fourth-order valence-electron chi connectivity index (χ4n) is 1.71. The van der Waals surface area contributed by atoms with Crippen LogP contribution in [0.1, 0.15) is 12.6 Å². The predicted molar refractivity (Wildman–Crippen MR) is 62.0 cm³/mol. The topological polar surface area (TPSA) is 92.4 Å². The van der Waals surface area contributed by atoms with E-state index >= 15 is 0 Å². The minimum Gasteiger partial charge on any atom is -0.394 e. The predicted octanol–water partition coefficient (Wildman–Crippen LogP) is -0.310. The second-order valence-electron chi connectivity index (χ2n) is 3.73. The Labute approximate surface area is 103 Å². The standard InChI is InChI=1S/C9H14N4O3S/c1-10-8-11-4-13(9(17)12-8)7-2-5(15)6(3-14)16-7/h4-7,14-15H,2-3H2,1H3,(H,10,12,17)/t5?,6-,7-/m1/s1. The van der Waals surface area contributed by atoms with Gasteiger partial charge in [0.15, 0.2) is 0 Å². The molecule has 17 heavy (non-hydrogen) atoms. The molecule has 7 nitrogen and oxygen atoms in total. The molecule has 0 radical (unpaired) electrons. The van der Waals surface area contributed by atoms with Gasteiger partial charge in [0.1, 0.15) is 18.7 Å². The van der Waals surface area contributed by atoms with Gasteiger partial charge in [-0.1, -0.05) is 0 Å². The summed E-state index contributed by atoms with van der Waals surface area (Å²) in [4.78, 5) is 8.07. The van der Waals surface area contributed by atoms with Crippen molar-refractivity contribution < 1.29 is 14.9 Å². The molecule has 0 amide bonds. The zero-order valence-corrected chi connectivity index (χ0v) is 10.1. The Bertz CT molecular complexity index is 452.